The Bertz CT molecular complexity index is 540. The molecule has 5 nitrogen and oxygen atoms in total. The second-order valence-corrected chi connectivity index (χ2v) is 5.56. The summed E-state index contributed by atoms with van der Waals surface area (Å²) in [5, 5.41) is 7.79. The minimum atomic E-state index is 0.203. The summed E-state index contributed by atoms with van der Waals surface area (Å²) in [5.74, 6) is 1.00. The van der Waals surface area contributed by atoms with Crippen LogP contribution in [-0.2, 0) is 13.0 Å². The van der Waals surface area contributed by atoms with E-state index in [1.165, 1.54) is 5.56 Å². The average Bonchev–Trinajstić information content (AvgIpc) is 2.90. The number of hydrogen-bond donors (Lipinski definition) is 1. The first kappa shape index (κ1) is 15.1. The molecule has 2 aromatic heterocycles. The first-order valence-corrected chi connectivity index (χ1v) is 7.74. The van der Waals surface area contributed by atoms with Crippen molar-refractivity contribution in [3.05, 3.63) is 40.6 Å². The van der Waals surface area contributed by atoms with Crippen molar-refractivity contribution < 1.29 is 0 Å². The van der Waals surface area contributed by atoms with Gasteiger partial charge >= 0.3 is 0 Å². The van der Waals surface area contributed by atoms with Crippen LogP contribution in [0.3, 0.4) is 0 Å². The van der Waals surface area contributed by atoms with Crippen molar-refractivity contribution in [3.63, 3.8) is 0 Å². The summed E-state index contributed by atoms with van der Waals surface area (Å²) in [5.41, 5.74) is 1.17. The maximum Gasteiger partial charge on any atom is 0.138 e. The fourth-order valence-electron chi connectivity index (χ4n) is 2.14. The average molecular weight is 338 g/mol. The normalized spacial score (nSPS) is 12.6. The lowest BCUT2D eigenvalue weighted by Crippen LogP contribution is -2.25. The quantitative estimate of drug-likeness (QED) is 0.843. The van der Waals surface area contributed by atoms with Crippen LogP contribution in [0, 0.1) is 0 Å². The van der Waals surface area contributed by atoms with Gasteiger partial charge in [0.25, 0.3) is 0 Å². The van der Waals surface area contributed by atoms with Gasteiger partial charge in [0.2, 0.25) is 0 Å². The number of halogens is 1. The topological polar surface area (TPSA) is 55.6 Å². The number of pyridine rings is 1. The van der Waals surface area contributed by atoms with E-state index in [9.17, 15) is 0 Å². The molecule has 2 heterocycles. The molecule has 0 saturated heterocycles. The summed E-state index contributed by atoms with van der Waals surface area (Å²) in [6.07, 6.45) is 7.24. The summed E-state index contributed by atoms with van der Waals surface area (Å²) in [6, 6.07) is 2.31. The van der Waals surface area contributed by atoms with E-state index in [0.29, 0.717) is 0 Å². The van der Waals surface area contributed by atoms with Crippen LogP contribution >= 0.6 is 15.9 Å². The maximum absolute atomic E-state index is 4.36. The van der Waals surface area contributed by atoms with Gasteiger partial charge in [-0.25, -0.2) is 4.98 Å². The van der Waals surface area contributed by atoms with E-state index >= 15 is 0 Å². The molecule has 20 heavy (non-hydrogen) atoms. The molecule has 108 valence electrons. The van der Waals surface area contributed by atoms with Crippen molar-refractivity contribution >= 4 is 15.9 Å². The molecular weight excluding hydrogens is 318 g/mol. The van der Waals surface area contributed by atoms with Gasteiger partial charge in [-0.3, -0.25) is 9.67 Å². The summed E-state index contributed by atoms with van der Waals surface area (Å²) < 4.78 is 2.93. The molecule has 0 radical (unpaired) electrons. The lowest BCUT2D eigenvalue weighted by molar-refractivity contribution is 0.495. The van der Waals surface area contributed by atoms with Crippen LogP contribution in [0.1, 0.15) is 37.7 Å². The highest BCUT2D eigenvalue weighted by molar-refractivity contribution is 9.10. The molecule has 2 aromatic rings. The third-order valence-electron chi connectivity index (χ3n) is 3.15. The lowest BCUT2D eigenvalue weighted by Gasteiger charge is -2.18. The van der Waals surface area contributed by atoms with Gasteiger partial charge in [0.05, 0.1) is 0 Å². The number of nitrogens with one attached hydrogen (secondary N) is 1. The monoisotopic (exact) mass is 337 g/mol. The SMILES string of the molecule is CCCNC(Cc1ncnn1CC)c1cncc(Br)c1. The first-order valence-electron chi connectivity index (χ1n) is 6.95. The van der Waals surface area contributed by atoms with Crippen LogP contribution in [0.15, 0.2) is 29.3 Å². The molecule has 0 aromatic carbocycles. The maximum atomic E-state index is 4.36. The van der Waals surface area contributed by atoms with Crippen molar-refractivity contribution in [1.29, 1.82) is 0 Å². The van der Waals surface area contributed by atoms with Crippen LogP contribution in [0.2, 0.25) is 0 Å². The molecule has 2 rings (SSSR count). The van der Waals surface area contributed by atoms with Gasteiger partial charge < -0.3 is 5.32 Å². The zero-order chi connectivity index (χ0) is 14.4. The number of nitrogens with zero attached hydrogens (tertiary/aromatic N) is 4. The molecule has 0 saturated carbocycles. The largest absolute Gasteiger partial charge is 0.310 e. The highest BCUT2D eigenvalue weighted by Gasteiger charge is 2.15. The molecule has 0 aliphatic heterocycles. The molecule has 0 aliphatic rings. The second kappa shape index (κ2) is 7.50. The molecule has 0 amide bonds. The second-order valence-electron chi connectivity index (χ2n) is 4.64. The van der Waals surface area contributed by atoms with Crippen molar-refractivity contribution in [2.75, 3.05) is 6.54 Å². The first-order chi connectivity index (χ1) is 9.74. The third kappa shape index (κ3) is 3.86. The van der Waals surface area contributed by atoms with Crippen LogP contribution < -0.4 is 5.32 Å². The van der Waals surface area contributed by atoms with E-state index in [1.54, 1.807) is 12.5 Å². The number of aryl methyl sites for hydroxylation is 1. The van der Waals surface area contributed by atoms with E-state index in [2.05, 4.69) is 56.2 Å². The van der Waals surface area contributed by atoms with Crippen LogP contribution in [0.5, 0.6) is 0 Å². The Balaban J connectivity index is 2.19. The van der Waals surface area contributed by atoms with Gasteiger partial charge in [-0.05, 0) is 47.4 Å². The predicted molar refractivity (Wildman–Crippen MR) is 82.4 cm³/mol. The zero-order valence-electron chi connectivity index (χ0n) is 11.9. The molecular formula is C14H20BrN5. The Morgan fingerprint density at radius 2 is 2.20 bits per heavy atom. The van der Waals surface area contributed by atoms with Gasteiger partial charge in [0.15, 0.2) is 0 Å². The summed E-state index contributed by atoms with van der Waals surface area (Å²) in [4.78, 5) is 8.62. The lowest BCUT2D eigenvalue weighted by atomic mass is 10.1. The van der Waals surface area contributed by atoms with Crippen LogP contribution in [-0.4, -0.2) is 26.3 Å². The Kier molecular flexibility index (Phi) is 5.67. The van der Waals surface area contributed by atoms with Crippen molar-refractivity contribution in [1.82, 2.24) is 25.1 Å². The Morgan fingerprint density at radius 3 is 2.90 bits per heavy atom. The molecule has 0 bridgehead atoms. The highest BCUT2D eigenvalue weighted by Crippen LogP contribution is 2.20. The third-order valence-corrected chi connectivity index (χ3v) is 3.58. The van der Waals surface area contributed by atoms with Crippen LogP contribution in [0.25, 0.3) is 0 Å². The fraction of sp³-hybridized carbons (Fsp3) is 0.500. The van der Waals surface area contributed by atoms with Crippen molar-refractivity contribution in [2.45, 2.75) is 39.3 Å². The minimum Gasteiger partial charge on any atom is -0.310 e. The van der Waals surface area contributed by atoms with E-state index in [0.717, 1.165) is 36.2 Å². The van der Waals surface area contributed by atoms with Gasteiger partial charge in [-0.2, -0.15) is 5.10 Å². The fourth-order valence-corrected chi connectivity index (χ4v) is 2.52. The smallest absolute Gasteiger partial charge is 0.138 e. The van der Waals surface area contributed by atoms with Gasteiger partial charge in [0, 0.05) is 35.9 Å². The molecule has 0 fully saturated rings. The Hall–Kier alpha value is -1.27. The van der Waals surface area contributed by atoms with Gasteiger partial charge in [0.1, 0.15) is 12.2 Å². The van der Waals surface area contributed by atoms with Gasteiger partial charge in [-0.15, -0.1) is 0 Å². The summed E-state index contributed by atoms with van der Waals surface area (Å²) in [6.45, 7) is 6.05. The minimum absolute atomic E-state index is 0.203. The molecule has 1 unspecified atom stereocenters. The van der Waals surface area contributed by atoms with Crippen LogP contribution in [0.4, 0.5) is 0 Å². The number of aromatic nitrogens is 4. The van der Waals surface area contributed by atoms with Crippen molar-refractivity contribution in [3.8, 4) is 0 Å². The van der Waals surface area contributed by atoms with E-state index in [-0.39, 0.29) is 6.04 Å². The molecule has 0 aliphatic carbocycles. The zero-order valence-corrected chi connectivity index (χ0v) is 13.5. The predicted octanol–water partition coefficient (Wildman–Crippen LogP) is 2.74. The summed E-state index contributed by atoms with van der Waals surface area (Å²) in [7, 11) is 0. The van der Waals surface area contributed by atoms with E-state index < -0.39 is 0 Å². The molecule has 6 heteroatoms. The molecule has 1 N–H and O–H groups in total. The number of rotatable bonds is 7. The van der Waals surface area contributed by atoms with Crippen molar-refractivity contribution in [2.24, 2.45) is 0 Å². The Labute approximate surface area is 128 Å². The molecule has 0 spiro atoms. The standard InChI is InChI=1S/C14H20BrN5/c1-3-5-17-13(11-6-12(15)9-16-8-11)7-14-18-10-19-20(14)4-2/h6,8-10,13,17H,3-5,7H2,1-2H3. The number of hydrogen-bond acceptors (Lipinski definition) is 4. The van der Waals surface area contributed by atoms with E-state index in [1.807, 2.05) is 10.9 Å². The van der Waals surface area contributed by atoms with Gasteiger partial charge in [-0.1, -0.05) is 6.92 Å². The highest BCUT2D eigenvalue weighted by atomic mass is 79.9. The Morgan fingerprint density at radius 1 is 1.35 bits per heavy atom. The molecule has 1 atom stereocenters. The van der Waals surface area contributed by atoms with E-state index in [4.69, 9.17) is 0 Å². The summed E-state index contributed by atoms with van der Waals surface area (Å²) >= 11 is 3.48.